The number of benzene rings is 1. The Morgan fingerprint density at radius 3 is 2.61 bits per heavy atom. The molecule has 4 amide bonds. The molecule has 2 N–H and O–H groups in total. The van der Waals surface area contributed by atoms with E-state index in [-0.39, 0.29) is 25.0 Å². The summed E-state index contributed by atoms with van der Waals surface area (Å²) < 4.78 is 20.1. The maximum Gasteiger partial charge on any atom is 0.414 e. The van der Waals surface area contributed by atoms with Gasteiger partial charge in [-0.3, -0.25) is 9.69 Å². The Balaban J connectivity index is 1.56. The number of rotatable bonds is 7. The first-order chi connectivity index (χ1) is 14.9. The van der Waals surface area contributed by atoms with Gasteiger partial charge in [0.1, 0.15) is 11.9 Å². The number of amides is 4. The molecule has 2 fully saturated rings. The Labute approximate surface area is 189 Å². The number of piperazine rings is 1. The van der Waals surface area contributed by atoms with E-state index in [1.807, 2.05) is 4.90 Å². The van der Waals surface area contributed by atoms with Crippen LogP contribution in [0.3, 0.4) is 0 Å². The van der Waals surface area contributed by atoms with Gasteiger partial charge in [-0.1, -0.05) is 15.9 Å². The van der Waals surface area contributed by atoms with Crippen LogP contribution in [-0.2, 0) is 9.53 Å². The first kappa shape index (κ1) is 23.1. The van der Waals surface area contributed by atoms with Crippen molar-refractivity contribution in [1.29, 1.82) is 0 Å². The maximum absolute atomic E-state index is 14.9. The molecule has 0 aromatic heterocycles. The number of hydrogen-bond acceptors (Lipinski definition) is 5. The number of halogens is 2. The standard InChI is InChI=1S/C20H27BrFN5O4/c1-14(28)24-12-16-13-27(20(30)31-16)15-3-4-18(17(22)11-15)25-7-9-26(10-8-25)19(29)23-6-2-5-21/h3-4,11,16H,2,5-10,12-13H2,1H3,(H,23,29)(H,24,28)/t16-/m0/s1. The summed E-state index contributed by atoms with van der Waals surface area (Å²) in [6.07, 6.45) is -0.183. The molecule has 1 atom stereocenters. The highest BCUT2D eigenvalue weighted by atomic mass is 79.9. The molecule has 2 heterocycles. The molecular formula is C20H27BrFN5O4. The number of alkyl halides is 1. The number of urea groups is 1. The van der Waals surface area contributed by atoms with Crippen molar-refractivity contribution in [1.82, 2.24) is 15.5 Å². The third kappa shape index (κ3) is 5.99. The van der Waals surface area contributed by atoms with Crippen molar-refractivity contribution in [2.45, 2.75) is 19.4 Å². The molecular weight excluding hydrogens is 473 g/mol. The minimum atomic E-state index is -0.568. The van der Waals surface area contributed by atoms with E-state index in [1.54, 1.807) is 17.0 Å². The van der Waals surface area contributed by atoms with E-state index in [0.29, 0.717) is 44.1 Å². The summed E-state index contributed by atoms with van der Waals surface area (Å²) in [6, 6.07) is 4.54. The Hall–Kier alpha value is -2.56. The summed E-state index contributed by atoms with van der Waals surface area (Å²) in [4.78, 5) is 40.3. The van der Waals surface area contributed by atoms with Gasteiger partial charge < -0.3 is 25.2 Å². The number of carbonyl (C=O) groups is 3. The van der Waals surface area contributed by atoms with Gasteiger partial charge in [0.05, 0.1) is 24.5 Å². The largest absolute Gasteiger partial charge is 0.442 e. The predicted octanol–water partition coefficient (Wildman–Crippen LogP) is 1.90. The Morgan fingerprint density at radius 2 is 1.97 bits per heavy atom. The Bertz CT molecular complexity index is 819. The monoisotopic (exact) mass is 499 g/mol. The highest BCUT2D eigenvalue weighted by molar-refractivity contribution is 9.09. The van der Waals surface area contributed by atoms with E-state index in [0.717, 1.165) is 11.8 Å². The SMILES string of the molecule is CC(=O)NC[C@H]1CN(c2ccc(N3CCN(C(=O)NCCCBr)CC3)c(F)c2)C(=O)O1. The topological polar surface area (TPSA) is 94.2 Å². The molecule has 0 aliphatic carbocycles. The van der Waals surface area contributed by atoms with Gasteiger partial charge in [0.25, 0.3) is 0 Å². The van der Waals surface area contributed by atoms with E-state index in [4.69, 9.17) is 4.74 Å². The van der Waals surface area contributed by atoms with Crippen LogP contribution in [0.4, 0.5) is 25.4 Å². The predicted molar refractivity (Wildman–Crippen MR) is 118 cm³/mol. The van der Waals surface area contributed by atoms with Gasteiger partial charge in [0, 0.05) is 45.0 Å². The zero-order chi connectivity index (χ0) is 22.4. The van der Waals surface area contributed by atoms with Crippen LogP contribution < -0.4 is 20.4 Å². The van der Waals surface area contributed by atoms with E-state index in [1.165, 1.54) is 17.9 Å². The van der Waals surface area contributed by atoms with E-state index in [9.17, 15) is 18.8 Å². The molecule has 0 unspecified atom stereocenters. The van der Waals surface area contributed by atoms with Gasteiger partial charge in [-0.05, 0) is 24.6 Å². The molecule has 3 rings (SSSR count). The molecule has 9 nitrogen and oxygen atoms in total. The van der Waals surface area contributed by atoms with E-state index in [2.05, 4.69) is 26.6 Å². The first-order valence-corrected chi connectivity index (χ1v) is 11.4. The lowest BCUT2D eigenvalue weighted by Gasteiger charge is -2.36. The van der Waals surface area contributed by atoms with Crippen molar-refractivity contribution in [3.05, 3.63) is 24.0 Å². The first-order valence-electron chi connectivity index (χ1n) is 10.2. The molecule has 170 valence electrons. The van der Waals surface area contributed by atoms with Crippen molar-refractivity contribution in [3.63, 3.8) is 0 Å². The third-order valence-electron chi connectivity index (χ3n) is 5.19. The third-order valence-corrected chi connectivity index (χ3v) is 5.75. The second-order valence-corrected chi connectivity index (χ2v) is 8.23. The lowest BCUT2D eigenvalue weighted by atomic mass is 10.2. The zero-order valence-electron chi connectivity index (χ0n) is 17.4. The van der Waals surface area contributed by atoms with Gasteiger partial charge in [0.2, 0.25) is 5.91 Å². The van der Waals surface area contributed by atoms with Crippen LogP contribution in [-0.4, -0.2) is 80.2 Å². The summed E-state index contributed by atoms with van der Waals surface area (Å²) in [7, 11) is 0. The normalized spacial score (nSPS) is 18.7. The second kappa shape index (κ2) is 10.7. The van der Waals surface area contributed by atoms with Gasteiger partial charge in [-0.2, -0.15) is 0 Å². The highest BCUT2D eigenvalue weighted by Gasteiger charge is 2.33. The van der Waals surface area contributed by atoms with Crippen molar-refractivity contribution < 1.29 is 23.5 Å². The van der Waals surface area contributed by atoms with E-state index < -0.39 is 18.0 Å². The number of hydrogen-bond donors (Lipinski definition) is 2. The molecule has 0 bridgehead atoms. The minimum Gasteiger partial charge on any atom is -0.442 e. The van der Waals surface area contributed by atoms with Gasteiger partial charge in [0.15, 0.2) is 0 Å². The van der Waals surface area contributed by atoms with Gasteiger partial charge in [-0.15, -0.1) is 0 Å². The number of ether oxygens (including phenoxy) is 1. The van der Waals surface area contributed by atoms with Crippen LogP contribution in [0.2, 0.25) is 0 Å². The number of cyclic esters (lactones) is 1. The number of anilines is 2. The average molecular weight is 500 g/mol. The summed E-state index contributed by atoms with van der Waals surface area (Å²) in [5, 5.41) is 6.32. The second-order valence-electron chi connectivity index (χ2n) is 7.44. The molecule has 2 aliphatic heterocycles. The van der Waals surface area contributed by atoms with Crippen LogP contribution in [0.1, 0.15) is 13.3 Å². The molecule has 1 aromatic carbocycles. The molecule has 0 spiro atoms. The lowest BCUT2D eigenvalue weighted by molar-refractivity contribution is -0.119. The summed E-state index contributed by atoms with van der Waals surface area (Å²) in [5.74, 6) is -0.646. The summed E-state index contributed by atoms with van der Waals surface area (Å²) >= 11 is 3.33. The van der Waals surface area contributed by atoms with E-state index >= 15 is 0 Å². The fraction of sp³-hybridized carbons (Fsp3) is 0.550. The number of nitrogens with zero attached hydrogens (tertiary/aromatic N) is 3. The highest BCUT2D eigenvalue weighted by Crippen LogP contribution is 2.28. The lowest BCUT2D eigenvalue weighted by Crippen LogP contribution is -2.52. The van der Waals surface area contributed by atoms with Crippen molar-refractivity contribution >= 4 is 45.3 Å². The van der Waals surface area contributed by atoms with Gasteiger partial charge >= 0.3 is 12.1 Å². The summed E-state index contributed by atoms with van der Waals surface area (Å²) in [5.41, 5.74) is 0.840. The molecule has 0 saturated carbocycles. The number of carbonyl (C=O) groups excluding carboxylic acids is 3. The van der Waals surface area contributed by atoms with Crippen molar-refractivity contribution in [2.75, 3.05) is 60.9 Å². The van der Waals surface area contributed by atoms with Crippen LogP contribution in [0.5, 0.6) is 0 Å². The Morgan fingerprint density at radius 1 is 1.23 bits per heavy atom. The fourth-order valence-electron chi connectivity index (χ4n) is 3.54. The number of nitrogens with one attached hydrogen (secondary N) is 2. The molecule has 2 saturated heterocycles. The maximum atomic E-state index is 14.9. The summed E-state index contributed by atoms with van der Waals surface area (Å²) in [6.45, 7) is 4.51. The minimum absolute atomic E-state index is 0.0993. The molecule has 31 heavy (non-hydrogen) atoms. The van der Waals surface area contributed by atoms with Crippen LogP contribution in [0, 0.1) is 5.82 Å². The molecule has 0 radical (unpaired) electrons. The van der Waals surface area contributed by atoms with Crippen LogP contribution in [0.15, 0.2) is 18.2 Å². The van der Waals surface area contributed by atoms with Crippen LogP contribution >= 0.6 is 15.9 Å². The average Bonchev–Trinajstić information content (AvgIpc) is 3.13. The van der Waals surface area contributed by atoms with Crippen molar-refractivity contribution in [2.24, 2.45) is 0 Å². The smallest absolute Gasteiger partial charge is 0.414 e. The quantitative estimate of drug-likeness (QED) is 0.441. The fourth-order valence-corrected chi connectivity index (χ4v) is 3.82. The van der Waals surface area contributed by atoms with Crippen LogP contribution in [0.25, 0.3) is 0 Å². The molecule has 2 aliphatic rings. The van der Waals surface area contributed by atoms with Crippen molar-refractivity contribution in [3.8, 4) is 0 Å². The molecule has 11 heteroatoms. The zero-order valence-corrected chi connectivity index (χ0v) is 19.0. The Kier molecular flexibility index (Phi) is 7.94. The van der Waals surface area contributed by atoms with Gasteiger partial charge in [-0.25, -0.2) is 14.0 Å². The molecule has 1 aromatic rings.